The molecule has 20 heavy (non-hydrogen) atoms. The summed E-state index contributed by atoms with van der Waals surface area (Å²) >= 11 is 0. The Kier molecular flexibility index (Phi) is 7.57. The first-order valence-electron chi connectivity index (χ1n) is 6.99. The predicted octanol–water partition coefficient (Wildman–Crippen LogP) is 2.07. The second-order valence-corrected chi connectivity index (χ2v) is 6.07. The van der Waals surface area contributed by atoms with Crippen molar-refractivity contribution in [3.63, 3.8) is 0 Å². The Hall–Kier alpha value is -1.30. The van der Waals surface area contributed by atoms with Crippen LogP contribution in [-0.4, -0.2) is 46.8 Å². The molecule has 6 nitrogen and oxygen atoms in total. The number of aliphatic carboxylic acids is 1. The molecule has 0 spiro atoms. The van der Waals surface area contributed by atoms with Crippen LogP contribution in [0.25, 0.3) is 0 Å². The molecule has 1 rings (SSSR count). The fraction of sp³-hybridized carbons (Fsp3) is 0.857. The van der Waals surface area contributed by atoms with Gasteiger partial charge in [-0.3, -0.25) is 4.79 Å². The lowest BCUT2D eigenvalue weighted by Gasteiger charge is -2.37. The van der Waals surface area contributed by atoms with E-state index in [1.54, 1.807) is 4.90 Å². The minimum Gasteiger partial charge on any atom is -0.481 e. The summed E-state index contributed by atoms with van der Waals surface area (Å²) in [7, 11) is 0. The molecule has 2 unspecified atom stereocenters. The number of nitrogens with two attached hydrogens (primary N) is 1. The van der Waals surface area contributed by atoms with Crippen molar-refractivity contribution in [2.45, 2.75) is 59.1 Å². The number of ether oxygens (including phenoxy) is 1. The molecule has 2 atom stereocenters. The van der Waals surface area contributed by atoms with E-state index in [1.807, 2.05) is 20.8 Å². The van der Waals surface area contributed by atoms with Crippen molar-refractivity contribution in [3.05, 3.63) is 0 Å². The van der Waals surface area contributed by atoms with Crippen LogP contribution in [0.5, 0.6) is 0 Å². The molecule has 3 N–H and O–H groups in total. The lowest BCUT2D eigenvalue weighted by atomic mass is 9.91. The maximum atomic E-state index is 11.8. The second kappa shape index (κ2) is 8.09. The number of hydrogen-bond acceptors (Lipinski definition) is 4. The number of amides is 1. The summed E-state index contributed by atoms with van der Waals surface area (Å²) in [5.41, 5.74) is 5.58. The lowest BCUT2D eigenvalue weighted by molar-refractivity contribution is -0.134. The van der Waals surface area contributed by atoms with Gasteiger partial charge in [-0.15, -0.1) is 0 Å². The third kappa shape index (κ3) is 7.99. The van der Waals surface area contributed by atoms with Gasteiger partial charge in [-0.25, -0.2) is 4.79 Å². The Balaban J connectivity index is 0.000000796. The van der Waals surface area contributed by atoms with Gasteiger partial charge in [-0.1, -0.05) is 13.3 Å². The van der Waals surface area contributed by atoms with E-state index in [1.165, 1.54) is 0 Å². The van der Waals surface area contributed by atoms with Crippen molar-refractivity contribution < 1.29 is 19.4 Å². The highest BCUT2D eigenvalue weighted by Crippen LogP contribution is 2.20. The highest BCUT2D eigenvalue weighted by Gasteiger charge is 2.30. The number of piperidine rings is 1. The smallest absolute Gasteiger partial charge is 0.410 e. The van der Waals surface area contributed by atoms with E-state index in [4.69, 9.17) is 20.4 Å². The van der Waals surface area contributed by atoms with Gasteiger partial charge in [0.1, 0.15) is 5.60 Å². The van der Waals surface area contributed by atoms with E-state index in [0.29, 0.717) is 12.5 Å². The Bertz CT molecular complexity index is 322. The summed E-state index contributed by atoms with van der Waals surface area (Å²) in [4.78, 5) is 22.6. The first-order valence-corrected chi connectivity index (χ1v) is 6.99. The molecular formula is C14H28N2O4. The number of carboxylic acids is 1. The van der Waals surface area contributed by atoms with E-state index in [-0.39, 0.29) is 12.1 Å². The Labute approximate surface area is 121 Å². The van der Waals surface area contributed by atoms with E-state index >= 15 is 0 Å². The average Bonchev–Trinajstić information content (AvgIpc) is 2.26. The van der Waals surface area contributed by atoms with Crippen LogP contribution in [0.1, 0.15) is 47.5 Å². The molecule has 118 valence electrons. The highest BCUT2D eigenvalue weighted by molar-refractivity contribution is 5.68. The molecule has 1 fully saturated rings. The van der Waals surface area contributed by atoms with Crippen molar-refractivity contribution in [2.24, 2.45) is 11.7 Å². The van der Waals surface area contributed by atoms with Crippen molar-refractivity contribution in [1.82, 2.24) is 4.90 Å². The summed E-state index contributed by atoms with van der Waals surface area (Å²) in [6.45, 7) is 10.3. The summed E-state index contributed by atoms with van der Waals surface area (Å²) in [6.07, 6.45) is 1.68. The standard InChI is InChI=1S/C12H24N2O2.C2H4O2/c1-5-9-8-14(7-6-10(9)13)11(15)16-12(2,3)4;1-2(3)4/h9-10H,5-8,13H2,1-4H3;1H3,(H,3,4). The molecule has 1 aliphatic rings. The number of carbonyl (C=O) groups excluding carboxylic acids is 1. The molecule has 0 aromatic carbocycles. The fourth-order valence-corrected chi connectivity index (χ4v) is 1.97. The summed E-state index contributed by atoms with van der Waals surface area (Å²) < 4.78 is 5.35. The number of rotatable bonds is 1. The number of carbonyl (C=O) groups is 2. The number of hydrogen-bond donors (Lipinski definition) is 2. The van der Waals surface area contributed by atoms with Crippen LogP contribution in [0.2, 0.25) is 0 Å². The van der Waals surface area contributed by atoms with Gasteiger partial charge in [-0.05, 0) is 33.1 Å². The second-order valence-electron chi connectivity index (χ2n) is 6.07. The van der Waals surface area contributed by atoms with Crippen LogP contribution in [-0.2, 0) is 9.53 Å². The quantitative estimate of drug-likeness (QED) is 0.770. The number of likely N-dealkylation sites (tertiary alicyclic amines) is 1. The van der Waals surface area contributed by atoms with Gasteiger partial charge in [0.2, 0.25) is 0 Å². The Morgan fingerprint density at radius 1 is 1.40 bits per heavy atom. The molecule has 1 heterocycles. The van der Waals surface area contributed by atoms with Crippen LogP contribution < -0.4 is 5.73 Å². The number of carboxylic acid groups (broad SMARTS) is 1. The molecule has 1 saturated heterocycles. The van der Waals surface area contributed by atoms with E-state index < -0.39 is 11.6 Å². The highest BCUT2D eigenvalue weighted by atomic mass is 16.6. The SMILES string of the molecule is CC(=O)O.CCC1CN(C(=O)OC(C)(C)C)CCC1N. The zero-order valence-corrected chi connectivity index (χ0v) is 13.2. The van der Waals surface area contributed by atoms with Crippen LogP contribution in [0.4, 0.5) is 4.79 Å². The van der Waals surface area contributed by atoms with Crippen LogP contribution in [0.15, 0.2) is 0 Å². The van der Waals surface area contributed by atoms with Crippen molar-refractivity contribution >= 4 is 12.1 Å². The minimum atomic E-state index is -0.833. The van der Waals surface area contributed by atoms with Crippen LogP contribution in [0, 0.1) is 5.92 Å². The molecular weight excluding hydrogens is 260 g/mol. The normalized spacial score (nSPS) is 22.6. The molecule has 1 aliphatic heterocycles. The van der Waals surface area contributed by atoms with Crippen molar-refractivity contribution in [2.75, 3.05) is 13.1 Å². The Morgan fingerprint density at radius 3 is 2.30 bits per heavy atom. The van der Waals surface area contributed by atoms with Gasteiger partial charge in [0.15, 0.2) is 0 Å². The largest absolute Gasteiger partial charge is 0.481 e. The zero-order chi connectivity index (χ0) is 15.9. The molecule has 0 aromatic heterocycles. The number of nitrogens with zero attached hydrogens (tertiary/aromatic N) is 1. The first kappa shape index (κ1) is 18.7. The van der Waals surface area contributed by atoms with Gasteiger partial charge in [-0.2, -0.15) is 0 Å². The van der Waals surface area contributed by atoms with Gasteiger partial charge in [0.05, 0.1) is 0 Å². The van der Waals surface area contributed by atoms with Gasteiger partial charge < -0.3 is 20.5 Å². The van der Waals surface area contributed by atoms with Crippen LogP contribution in [0.3, 0.4) is 0 Å². The summed E-state index contributed by atoms with van der Waals surface area (Å²) in [5, 5.41) is 7.42. The van der Waals surface area contributed by atoms with E-state index in [0.717, 1.165) is 26.3 Å². The molecule has 0 aromatic rings. The molecule has 0 bridgehead atoms. The zero-order valence-electron chi connectivity index (χ0n) is 13.2. The minimum absolute atomic E-state index is 0.210. The maximum absolute atomic E-state index is 11.8. The van der Waals surface area contributed by atoms with E-state index in [9.17, 15) is 4.79 Å². The van der Waals surface area contributed by atoms with Crippen LogP contribution >= 0.6 is 0 Å². The third-order valence-corrected chi connectivity index (χ3v) is 2.97. The summed E-state index contributed by atoms with van der Waals surface area (Å²) in [6, 6.07) is 0.226. The van der Waals surface area contributed by atoms with Gasteiger partial charge in [0, 0.05) is 26.1 Å². The topological polar surface area (TPSA) is 92.9 Å². The lowest BCUT2D eigenvalue weighted by Crippen LogP contribution is -2.50. The van der Waals surface area contributed by atoms with Crippen molar-refractivity contribution in [3.8, 4) is 0 Å². The molecule has 6 heteroatoms. The maximum Gasteiger partial charge on any atom is 0.410 e. The average molecular weight is 288 g/mol. The van der Waals surface area contributed by atoms with Crippen molar-refractivity contribution in [1.29, 1.82) is 0 Å². The predicted molar refractivity (Wildman–Crippen MR) is 77.5 cm³/mol. The van der Waals surface area contributed by atoms with Gasteiger partial charge >= 0.3 is 6.09 Å². The molecule has 0 radical (unpaired) electrons. The monoisotopic (exact) mass is 288 g/mol. The Morgan fingerprint density at radius 2 is 1.90 bits per heavy atom. The third-order valence-electron chi connectivity index (χ3n) is 2.97. The van der Waals surface area contributed by atoms with Gasteiger partial charge in [0.25, 0.3) is 5.97 Å². The summed E-state index contributed by atoms with van der Waals surface area (Å²) in [5.74, 6) is -0.429. The molecule has 0 aliphatic carbocycles. The molecule has 1 amide bonds. The first-order chi connectivity index (χ1) is 9.06. The molecule has 0 saturated carbocycles. The fourth-order valence-electron chi connectivity index (χ4n) is 1.97. The van der Waals surface area contributed by atoms with E-state index in [2.05, 4.69) is 6.92 Å².